The largest absolute Gasteiger partial charge is 0.397 e. The minimum absolute atomic E-state index is 0.0534. The van der Waals surface area contributed by atoms with Gasteiger partial charge >= 0.3 is 0 Å². The average molecular weight is 753 g/mol. The number of hydrogen-bond donors (Lipinski definition) is 7. The summed E-state index contributed by atoms with van der Waals surface area (Å²) in [6, 6.07) is 3.63. The van der Waals surface area contributed by atoms with E-state index in [0.717, 1.165) is 101 Å². The van der Waals surface area contributed by atoms with Crippen LogP contribution in [0.25, 0.3) is 20.4 Å². The summed E-state index contributed by atoms with van der Waals surface area (Å²) in [7, 11) is 0. The number of hydrogen-bond acceptors (Lipinski definition) is 14. The fraction of sp³-hybridized carbons (Fsp3) is 0.514. The molecule has 0 bridgehead atoms. The number of piperazine rings is 1. The number of amides is 3. The molecule has 4 aromatic heterocycles. The van der Waals surface area contributed by atoms with E-state index in [1.165, 1.54) is 22.7 Å². The van der Waals surface area contributed by atoms with E-state index in [1.807, 2.05) is 6.07 Å². The first-order chi connectivity index (χ1) is 25.0. The van der Waals surface area contributed by atoms with E-state index in [2.05, 4.69) is 35.0 Å². The predicted octanol–water partition coefficient (Wildman–Crippen LogP) is 1.98. The molecular formula is C35H52N12O3S2. The van der Waals surface area contributed by atoms with Crippen molar-refractivity contribution >= 4 is 83.8 Å². The fourth-order valence-electron chi connectivity index (χ4n) is 6.76. The lowest BCUT2D eigenvalue weighted by Gasteiger charge is -2.36. The molecule has 3 amide bonds. The van der Waals surface area contributed by atoms with E-state index < -0.39 is 17.9 Å². The molecule has 13 N–H and O–H groups in total. The van der Waals surface area contributed by atoms with Crippen LogP contribution in [0.3, 0.4) is 0 Å². The first kappa shape index (κ1) is 38.9. The fourth-order valence-corrected chi connectivity index (χ4v) is 8.74. The summed E-state index contributed by atoms with van der Waals surface area (Å²) in [5.41, 5.74) is 37.8. The third-order valence-corrected chi connectivity index (χ3v) is 11.6. The molecule has 15 nitrogen and oxygen atoms in total. The molecule has 0 aromatic carbocycles. The van der Waals surface area contributed by atoms with E-state index in [-0.39, 0.29) is 5.91 Å². The van der Waals surface area contributed by atoms with E-state index in [0.29, 0.717) is 60.3 Å². The summed E-state index contributed by atoms with van der Waals surface area (Å²) in [5, 5.41) is 5.14. The normalized spacial score (nSPS) is 15.7. The topological polar surface area (TPSA) is 255 Å². The van der Waals surface area contributed by atoms with Crippen LogP contribution in [0.15, 0.2) is 12.1 Å². The van der Waals surface area contributed by atoms with Crippen LogP contribution in [-0.2, 0) is 17.6 Å². The van der Waals surface area contributed by atoms with Crippen molar-refractivity contribution in [2.24, 2.45) is 22.9 Å². The molecule has 2 saturated heterocycles. The second-order valence-electron chi connectivity index (χ2n) is 13.1. The Hall–Kier alpha value is -4.29. The molecule has 2 aliphatic heterocycles. The van der Waals surface area contributed by atoms with Gasteiger partial charge in [-0.15, -0.1) is 22.7 Å². The Balaban J connectivity index is 0.000000206. The number of nitrogens with one attached hydrogen (secondary N) is 1. The Morgan fingerprint density at radius 2 is 1.29 bits per heavy atom. The molecule has 0 saturated carbocycles. The summed E-state index contributed by atoms with van der Waals surface area (Å²) in [6.45, 7) is 11.0. The number of primary amides is 2. The third-order valence-electron chi connectivity index (χ3n) is 9.39. The molecule has 6 rings (SSSR count). The number of fused-ring (bicyclic) bond motifs is 2. The number of aryl methyl sites for hydroxylation is 2. The standard InChI is InChI=1S/C19H29N7O2S.C16H23N5OS/c1-2-3-11-10-13(24-18-14(11)15(22)16(29-18)17(23)27)25-6-8-26(9-7-25)19(28)12(21)4-5-20;1-2-4-10-9-11(21-7-3-5-19-6-8-21)20-16-12(10)13(17)14(23-16)15(18)22/h10,12H,2-9,20-22H2,1H3,(H2,23,27);9,19H,2-8,17H2,1H3,(H2,18,22). The van der Waals surface area contributed by atoms with Gasteiger partial charge in [0.25, 0.3) is 11.8 Å². The van der Waals surface area contributed by atoms with Crippen LogP contribution in [-0.4, -0.2) is 97.5 Å². The predicted molar refractivity (Wildman–Crippen MR) is 213 cm³/mol. The molecule has 0 spiro atoms. The Kier molecular flexibility index (Phi) is 13.1. The molecule has 1 atom stereocenters. The van der Waals surface area contributed by atoms with Gasteiger partial charge in [0.05, 0.1) is 17.4 Å². The van der Waals surface area contributed by atoms with Gasteiger partial charge in [0.1, 0.15) is 31.1 Å². The van der Waals surface area contributed by atoms with Crippen LogP contribution in [0.5, 0.6) is 0 Å². The number of rotatable bonds is 11. The van der Waals surface area contributed by atoms with Gasteiger partial charge in [0, 0.05) is 56.6 Å². The third kappa shape index (κ3) is 8.50. The molecule has 6 heterocycles. The average Bonchev–Trinajstić information content (AvgIpc) is 3.50. The highest BCUT2D eigenvalue weighted by molar-refractivity contribution is 7.21. The second kappa shape index (κ2) is 17.5. The van der Waals surface area contributed by atoms with Gasteiger partial charge in [-0.1, -0.05) is 26.7 Å². The van der Waals surface area contributed by atoms with Crippen molar-refractivity contribution in [3.8, 4) is 0 Å². The number of aromatic nitrogens is 2. The minimum atomic E-state index is -0.543. The molecule has 0 aliphatic carbocycles. The van der Waals surface area contributed by atoms with Crippen molar-refractivity contribution in [2.75, 3.05) is 80.2 Å². The van der Waals surface area contributed by atoms with Crippen molar-refractivity contribution in [3.63, 3.8) is 0 Å². The van der Waals surface area contributed by atoms with Gasteiger partial charge < -0.3 is 54.4 Å². The lowest BCUT2D eigenvalue weighted by atomic mass is 10.1. The first-order valence-electron chi connectivity index (χ1n) is 18.0. The summed E-state index contributed by atoms with van der Waals surface area (Å²) < 4.78 is 0. The molecule has 17 heteroatoms. The van der Waals surface area contributed by atoms with E-state index >= 15 is 0 Å². The van der Waals surface area contributed by atoms with Crippen molar-refractivity contribution in [3.05, 3.63) is 33.0 Å². The van der Waals surface area contributed by atoms with E-state index in [1.54, 1.807) is 4.90 Å². The lowest BCUT2D eigenvalue weighted by molar-refractivity contribution is -0.133. The van der Waals surface area contributed by atoms with Crippen LogP contribution in [0, 0.1) is 0 Å². The Morgan fingerprint density at radius 3 is 1.75 bits per heavy atom. The van der Waals surface area contributed by atoms with Gasteiger partial charge in [-0.25, -0.2) is 9.97 Å². The zero-order valence-corrected chi connectivity index (χ0v) is 31.7. The summed E-state index contributed by atoms with van der Waals surface area (Å²) in [5.74, 6) is 0.740. The van der Waals surface area contributed by atoms with Crippen molar-refractivity contribution in [2.45, 2.75) is 58.4 Å². The highest BCUT2D eigenvalue weighted by atomic mass is 32.1. The van der Waals surface area contributed by atoms with Crippen LogP contribution in [0.4, 0.5) is 23.0 Å². The molecule has 282 valence electrons. The zero-order chi connectivity index (χ0) is 37.5. The zero-order valence-electron chi connectivity index (χ0n) is 30.1. The smallest absolute Gasteiger partial charge is 0.260 e. The van der Waals surface area contributed by atoms with Gasteiger partial charge in [-0.05, 0) is 62.0 Å². The number of carbonyl (C=O) groups excluding carboxylic acids is 3. The highest BCUT2D eigenvalue weighted by Gasteiger charge is 2.27. The Labute approximate surface area is 312 Å². The number of pyridine rings is 2. The molecule has 4 aromatic rings. The molecule has 52 heavy (non-hydrogen) atoms. The number of thiophene rings is 2. The Morgan fingerprint density at radius 1 is 0.788 bits per heavy atom. The Bertz CT molecular complexity index is 1900. The number of carbonyl (C=O) groups is 3. The molecule has 2 fully saturated rings. The van der Waals surface area contributed by atoms with Crippen LogP contribution < -0.4 is 49.5 Å². The van der Waals surface area contributed by atoms with Crippen molar-refractivity contribution in [1.29, 1.82) is 0 Å². The maximum absolute atomic E-state index is 12.4. The van der Waals surface area contributed by atoms with E-state index in [9.17, 15) is 14.4 Å². The van der Waals surface area contributed by atoms with Gasteiger partial charge in [0.15, 0.2) is 0 Å². The summed E-state index contributed by atoms with van der Waals surface area (Å²) in [4.78, 5) is 53.8. The molecule has 2 aliphatic rings. The number of nitrogen functional groups attached to an aromatic ring is 2. The first-order valence-corrected chi connectivity index (χ1v) is 19.6. The van der Waals surface area contributed by atoms with Crippen molar-refractivity contribution in [1.82, 2.24) is 20.2 Å². The minimum Gasteiger partial charge on any atom is -0.397 e. The number of anilines is 4. The molecule has 0 radical (unpaired) electrons. The van der Waals surface area contributed by atoms with E-state index in [4.69, 9.17) is 44.4 Å². The highest BCUT2D eigenvalue weighted by Crippen LogP contribution is 2.38. The lowest BCUT2D eigenvalue weighted by Crippen LogP contribution is -2.53. The van der Waals surface area contributed by atoms with Crippen LogP contribution in [0.1, 0.15) is 70.0 Å². The van der Waals surface area contributed by atoms with Crippen LogP contribution >= 0.6 is 22.7 Å². The monoisotopic (exact) mass is 752 g/mol. The number of nitrogens with zero attached hydrogens (tertiary/aromatic N) is 5. The van der Waals surface area contributed by atoms with Crippen molar-refractivity contribution < 1.29 is 14.4 Å². The van der Waals surface area contributed by atoms with Gasteiger partial charge in [-0.3, -0.25) is 14.4 Å². The second-order valence-corrected chi connectivity index (χ2v) is 15.1. The van der Waals surface area contributed by atoms with Crippen LogP contribution in [0.2, 0.25) is 0 Å². The van der Waals surface area contributed by atoms with Gasteiger partial charge in [-0.2, -0.15) is 0 Å². The maximum Gasteiger partial charge on any atom is 0.260 e. The molecular weight excluding hydrogens is 701 g/mol. The SMILES string of the molecule is CCCc1cc(N2CCCNCC2)nc2sc(C(N)=O)c(N)c12.CCCc1cc(N2CCN(C(=O)C(N)CCN)CC2)nc2sc(C(N)=O)c(N)c12. The van der Waals surface area contributed by atoms with Gasteiger partial charge in [0.2, 0.25) is 5.91 Å². The number of nitrogens with two attached hydrogens (primary N) is 6. The molecule has 1 unspecified atom stereocenters. The maximum atomic E-state index is 12.4. The summed E-state index contributed by atoms with van der Waals surface area (Å²) in [6.07, 6.45) is 5.29. The quantitative estimate of drug-likeness (QED) is 0.116. The summed E-state index contributed by atoms with van der Waals surface area (Å²) >= 11 is 2.54.